The summed E-state index contributed by atoms with van der Waals surface area (Å²) >= 11 is 0. The molecule has 3 heteroatoms. The van der Waals surface area contributed by atoms with E-state index in [0.717, 1.165) is 30.6 Å². The van der Waals surface area contributed by atoms with Crippen LogP contribution >= 0.6 is 0 Å². The smallest absolute Gasteiger partial charge is 0.161 e. The number of piperidine rings is 1. The second-order valence-corrected chi connectivity index (χ2v) is 5.58. The fourth-order valence-electron chi connectivity index (χ4n) is 2.56. The minimum Gasteiger partial charge on any atom is -0.486 e. The van der Waals surface area contributed by atoms with Crippen molar-refractivity contribution in [2.75, 3.05) is 32.8 Å². The van der Waals surface area contributed by atoms with Crippen molar-refractivity contribution in [1.82, 2.24) is 0 Å². The molecule has 1 heterocycles. The molecule has 1 aliphatic rings. The van der Waals surface area contributed by atoms with Gasteiger partial charge in [-0.25, -0.2) is 0 Å². The highest BCUT2D eigenvalue weighted by molar-refractivity contribution is 5.39. The molecule has 0 radical (unpaired) electrons. The van der Waals surface area contributed by atoms with E-state index in [-0.39, 0.29) is 0 Å². The molecule has 0 aromatic heterocycles. The zero-order valence-corrected chi connectivity index (χ0v) is 12.4. The van der Waals surface area contributed by atoms with Crippen LogP contribution in [0.25, 0.3) is 0 Å². The van der Waals surface area contributed by atoms with Gasteiger partial charge in [0, 0.05) is 0 Å². The van der Waals surface area contributed by atoms with E-state index in [2.05, 4.69) is 13.5 Å². The number of rotatable bonds is 7. The van der Waals surface area contributed by atoms with Crippen LogP contribution in [-0.2, 0) is 0 Å². The maximum Gasteiger partial charge on any atom is 0.161 e. The fourth-order valence-corrected chi connectivity index (χ4v) is 2.56. The number of hydrogen-bond donors (Lipinski definition) is 1. The highest BCUT2D eigenvalue weighted by Crippen LogP contribution is 2.26. The van der Waals surface area contributed by atoms with E-state index in [4.69, 9.17) is 9.47 Å². The summed E-state index contributed by atoms with van der Waals surface area (Å²) in [6.07, 6.45) is 4.43. The predicted molar refractivity (Wildman–Crippen MR) is 81.6 cm³/mol. The van der Waals surface area contributed by atoms with Crippen LogP contribution in [0.1, 0.15) is 19.8 Å². The molecule has 2 rings (SSSR count). The van der Waals surface area contributed by atoms with Crippen LogP contribution in [0.3, 0.4) is 0 Å². The first kappa shape index (κ1) is 14.9. The first-order chi connectivity index (χ1) is 9.79. The second kappa shape index (κ2) is 7.95. The standard InChI is InChI=1S/C17H25NO2/c1-3-13-19-16-6-4-5-7-17(16)20-14-12-18-10-8-15(2)9-11-18/h3-7,15H,1,8-14H2,2H3/p+1. The van der Waals surface area contributed by atoms with Gasteiger partial charge >= 0.3 is 0 Å². The quantitative estimate of drug-likeness (QED) is 0.769. The van der Waals surface area contributed by atoms with E-state index >= 15 is 0 Å². The Hall–Kier alpha value is -1.48. The predicted octanol–water partition coefficient (Wildman–Crippen LogP) is 1.94. The molecular formula is C17H26NO2+. The number of hydrogen-bond acceptors (Lipinski definition) is 2. The number of ether oxygens (including phenoxy) is 2. The lowest BCUT2D eigenvalue weighted by Crippen LogP contribution is -3.13. The highest BCUT2D eigenvalue weighted by Gasteiger charge is 2.18. The second-order valence-electron chi connectivity index (χ2n) is 5.58. The molecule has 110 valence electrons. The topological polar surface area (TPSA) is 22.9 Å². The fraction of sp³-hybridized carbons (Fsp3) is 0.529. The van der Waals surface area contributed by atoms with Gasteiger partial charge in [0.15, 0.2) is 11.5 Å². The highest BCUT2D eigenvalue weighted by atomic mass is 16.5. The third kappa shape index (κ3) is 4.57. The molecule has 0 unspecified atom stereocenters. The van der Waals surface area contributed by atoms with Crippen molar-refractivity contribution in [3.05, 3.63) is 36.9 Å². The molecule has 0 atom stereocenters. The van der Waals surface area contributed by atoms with Gasteiger partial charge in [-0.2, -0.15) is 0 Å². The molecule has 20 heavy (non-hydrogen) atoms. The zero-order valence-electron chi connectivity index (χ0n) is 12.4. The Morgan fingerprint density at radius 3 is 2.50 bits per heavy atom. The number of benzene rings is 1. The van der Waals surface area contributed by atoms with E-state index in [1.165, 1.54) is 25.9 Å². The van der Waals surface area contributed by atoms with Crippen molar-refractivity contribution >= 4 is 0 Å². The summed E-state index contributed by atoms with van der Waals surface area (Å²) in [7, 11) is 0. The van der Waals surface area contributed by atoms with Crippen molar-refractivity contribution in [1.29, 1.82) is 0 Å². The van der Waals surface area contributed by atoms with Gasteiger partial charge in [0.2, 0.25) is 0 Å². The van der Waals surface area contributed by atoms with Crippen molar-refractivity contribution in [3.8, 4) is 11.5 Å². The number of likely N-dealkylation sites (tertiary alicyclic amines) is 1. The first-order valence-electron chi connectivity index (χ1n) is 7.58. The van der Waals surface area contributed by atoms with Crippen molar-refractivity contribution in [2.45, 2.75) is 19.8 Å². The Kier molecular flexibility index (Phi) is 5.93. The van der Waals surface area contributed by atoms with E-state index in [1.807, 2.05) is 24.3 Å². The summed E-state index contributed by atoms with van der Waals surface area (Å²) in [5.41, 5.74) is 0. The van der Waals surface area contributed by atoms with Crippen LogP contribution in [0, 0.1) is 5.92 Å². The van der Waals surface area contributed by atoms with Crippen molar-refractivity contribution in [3.63, 3.8) is 0 Å². The molecule has 0 amide bonds. The summed E-state index contributed by atoms with van der Waals surface area (Å²) in [4.78, 5) is 1.66. The third-order valence-corrected chi connectivity index (χ3v) is 3.90. The molecule has 1 aromatic carbocycles. The van der Waals surface area contributed by atoms with Crippen LogP contribution in [0.15, 0.2) is 36.9 Å². The van der Waals surface area contributed by atoms with Crippen molar-refractivity contribution in [2.24, 2.45) is 5.92 Å². The molecule has 1 saturated heterocycles. The van der Waals surface area contributed by atoms with E-state index in [9.17, 15) is 0 Å². The average Bonchev–Trinajstić information content (AvgIpc) is 2.48. The number of nitrogens with one attached hydrogen (secondary N) is 1. The molecule has 0 saturated carbocycles. The van der Waals surface area contributed by atoms with Crippen molar-refractivity contribution < 1.29 is 14.4 Å². The van der Waals surface area contributed by atoms with Gasteiger partial charge in [-0.05, 0) is 30.9 Å². The maximum absolute atomic E-state index is 5.88. The summed E-state index contributed by atoms with van der Waals surface area (Å²) in [6, 6.07) is 7.84. The third-order valence-electron chi connectivity index (χ3n) is 3.90. The zero-order chi connectivity index (χ0) is 14.2. The molecule has 1 fully saturated rings. The van der Waals surface area contributed by atoms with E-state index in [0.29, 0.717) is 6.61 Å². The molecule has 1 N–H and O–H groups in total. The van der Waals surface area contributed by atoms with Gasteiger partial charge in [0.05, 0.1) is 13.1 Å². The Morgan fingerprint density at radius 1 is 1.20 bits per heavy atom. The average molecular weight is 276 g/mol. The largest absolute Gasteiger partial charge is 0.486 e. The van der Waals surface area contributed by atoms with Crippen LogP contribution < -0.4 is 14.4 Å². The van der Waals surface area contributed by atoms with Gasteiger partial charge in [0.25, 0.3) is 0 Å². The Balaban J connectivity index is 1.77. The molecule has 0 bridgehead atoms. The van der Waals surface area contributed by atoms with Gasteiger partial charge < -0.3 is 14.4 Å². The molecule has 0 spiro atoms. The Bertz CT molecular complexity index is 411. The molecule has 1 aliphatic heterocycles. The summed E-state index contributed by atoms with van der Waals surface area (Å²) < 4.78 is 11.5. The SMILES string of the molecule is C=CCOc1ccccc1OCC[NH+]1CCC(C)CC1. The van der Waals surface area contributed by atoms with Crippen LogP contribution in [-0.4, -0.2) is 32.8 Å². The Morgan fingerprint density at radius 2 is 1.85 bits per heavy atom. The molecule has 3 nitrogen and oxygen atoms in total. The molecule has 0 aliphatic carbocycles. The Labute approximate surface area is 122 Å². The summed E-state index contributed by atoms with van der Waals surface area (Å²) in [5.74, 6) is 2.53. The minimum absolute atomic E-state index is 0.510. The van der Waals surface area contributed by atoms with Gasteiger partial charge in [-0.3, -0.25) is 0 Å². The van der Waals surface area contributed by atoms with Gasteiger partial charge in [-0.15, -0.1) is 0 Å². The number of para-hydroxylation sites is 2. The lowest BCUT2D eigenvalue weighted by Gasteiger charge is -2.27. The first-order valence-corrected chi connectivity index (χ1v) is 7.58. The lowest BCUT2D eigenvalue weighted by atomic mass is 9.99. The molecule has 1 aromatic rings. The number of quaternary nitrogens is 1. The lowest BCUT2D eigenvalue weighted by molar-refractivity contribution is -0.906. The summed E-state index contributed by atoms with van der Waals surface area (Å²) in [6.45, 7) is 10.9. The van der Waals surface area contributed by atoms with Gasteiger partial charge in [0.1, 0.15) is 19.8 Å². The van der Waals surface area contributed by atoms with Crippen LogP contribution in [0.2, 0.25) is 0 Å². The maximum atomic E-state index is 5.88. The van der Waals surface area contributed by atoms with Crippen LogP contribution in [0.5, 0.6) is 11.5 Å². The normalized spacial score (nSPS) is 22.2. The minimum atomic E-state index is 0.510. The van der Waals surface area contributed by atoms with E-state index < -0.39 is 0 Å². The summed E-state index contributed by atoms with van der Waals surface area (Å²) in [5, 5.41) is 0. The van der Waals surface area contributed by atoms with Crippen LogP contribution in [0.4, 0.5) is 0 Å². The monoisotopic (exact) mass is 276 g/mol. The molecular weight excluding hydrogens is 250 g/mol. The van der Waals surface area contributed by atoms with E-state index in [1.54, 1.807) is 11.0 Å². The van der Waals surface area contributed by atoms with Gasteiger partial charge in [-0.1, -0.05) is 31.7 Å².